The standard InChI is InChI=1S/C43H27N3/c1-3-9-37-35(7-1)36-8-2-4-10-38(36)42-41(37)39-11-5-6-12-40(39)46-43(42)31-15-13-28(14-16-31)32-25-33(29-17-21-44-22-18-29)27-34(26-32)30-19-23-45-24-20-30/h1-27H. The highest BCUT2D eigenvalue weighted by Crippen LogP contribution is 2.43. The van der Waals surface area contributed by atoms with Gasteiger partial charge in [0.25, 0.3) is 0 Å². The van der Waals surface area contributed by atoms with E-state index in [1.165, 1.54) is 37.7 Å². The summed E-state index contributed by atoms with van der Waals surface area (Å²) in [4.78, 5) is 13.8. The predicted octanol–water partition coefficient (Wildman–Crippen LogP) is 11.2. The van der Waals surface area contributed by atoms with Crippen molar-refractivity contribution in [3.63, 3.8) is 0 Å². The molecule has 9 rings (SSSR count). The Bertz CT molecular complexity index is 2500. The van der Waals surface area contributed by atoms with E-state index >= 15 is 0 Å². The Hall–Kier alpha value is -6.19. The summed E-state index contributed by atoms with van der Waals surface area (Å²) in [6, 6.07) is 49.9. The molecule has 0 saturated heterocycles. The molecule has 0 N–H and O–H groups in total. The second-order valence-corrected chi connectivity index (χ2v) is 11.7. The summed E-state index contributed by atoms with van der Waals surface area (Å²) in [5, 5.41) is 8.62. The van der Waals surface area contributed by atoms with Gasteiger partial charge in [-0.05, 0) is 103 Å². The summed E-state index contributed by atoms with van der Waals surface area (Å²) in [6.45, 7) is 0. The third kappa shape index (κ3) is 4.33. The molecule has 0 spiro atoms. The number of hydrogen-bond donors (Lipinski definition) is 0. The van der Waals surface area contributed by atoms with Crippen LogP contribution in [0.5, 0.6) is 0 Å². The maximum Gasteiger partial charge on any atom is 0.0794 e. The summed E-state index contributed by atoms with van der Waals surface area (Å²) in [5.74, 6) is 0. The van der Waals surface area contributed by atoms with Crippen LogP contribution in [0.25, 0.3) is 87.9 Å². The van der Waals surface area contributed by atoms with Crippen LogP contribution in [0.4, 0.5) is 0 Å². The van der Waals surface area contributed by atoms with Gasteiger partial charge in [-0.3, -0.25) is 9.97 Å². The van der Waals surface area contributed by atoms with Crippen molar-refractivity contribution in [2.45, 2.75) is 0 Å². The normalized spacial score (nSPS) is 11.5. The minimum atomic E-state index is 1.00. The Morgan fingerprint density at radius 3 is 1.26 bits per heavy atom. The Morgan fingerprint density at radius 1 is 0.304 bits per heavy atom. The smallest absolute Gasteiger partial charge is 0.0794 e. The molecule has 214 valence electrons. The number of para-hydroxylation sites is 1. The summed E-state index contributed by atoms with van der Waals surface area (Å²) in [5.41, 5.74) is 9.97. The van der Waals surface area contributed by atoms with Gasteiger partial charge in [-0.1, -0.05) is 91.0 Å². The molecular weight excluding hydrogens is 558 g/mol. The first kappa shape index (κ1) is 26.2. The van der Waals surface area contributed by atoms with Crippen LogP contribution in [0.15, 0.2) is 164 Å². The average Bonchev–Trinajstić information content (AvgIpc) is 3.15. The first-order valence-electron chi connectivity index (χ1n) is 15.5. The molecule has 0 amide bonds. The molecule has 0 fully saturated rings. The van der Waals surface area contributed by atoms with Crippen LogP contribution >= 0.6 is 0 Å². The van der Waals surface area contributed by atoms with E-state index < -0.39 is 0 Å². The Kier molecular flexibility index (Phi) is 6.14. The molecule has 0 bridgehead atoms. The van der Waals surface area contributed by atoms with E-state index in [4.69, 9.17) is 4.98 Å². The van der Waals surface area contributed by atoms with Crippen molar-refractivity contribution in [2.75, 3.05) is 0 Å². The molecule has 3 nitrogen and oxygen atoms in total. The molecule has 0 unspecified atom stereocenters. The molecule has 0 saturated carbocycles. The van der Waals surface area contributed by atoms with Crippen LogP contribution in [-0.2, 0) is 0 Å². The molecule has 0 aliphatic rings. The molecule has 6 aromatic carbocycles. The Labute approximate surface area is 266 Å². The van der Waals surface area contributed by atoms with Gasteiger partial charge in [-0.15, -0.1) is 0 Å². The van der Waals surface area contributed by atoms with Gasteiger partial charge >= 0.3 is 0 Å². The highest BCUT2D eigenvalue weighted by molar-refractivity contribution is 6.33. The second kappa shape index (κ2) is 10.8. The van der Waals surface area contributed by atoms with Crippen LogP contribution in [0.3, 0.4) is 0 Å². The van der Waals surface area contributed by atoms with E-state index in [0.717, 1.165) is 50.2 Å². The zero-order valence-corrected chi connectivity index (χ0v) is 24.9. The zero-order chi connectivity index (χ0) is 30.5. The minimum Gasteiger partial charge on any atom is -0.265 e. The average molecular weight is 586 g/mol. The van der Waals surface area contributed by atoms with Gasteiger partial charge in [-0.25, -0.2) is 4.98 Å². The minimum absolute atomic E-state index is 1.00. The molecule has 3 heteroatoms. The van der Waals surface area contributed by atoms with Crippen molar-refractivity contribution in [3.05, 3.63) is 164 Å². The SMILES string of the molecule is c1ccc2c(c1)nc(-c1ccc(-c3cc(-c4ccncc4)cc(-c4ccncc4)c3)cc1)c1c3ccccc3c3ccccc3c21. The van der Waals surface area contributed by atoms with E-state index in [0.29, 0.717) is 0 Å². The molecule has 0 radical (unpaired) electrons. The van der Waals surface area contributed by atoms with E-state index in [1.54, 1.807) is 0 Å². The number of pyridine rings is 3. The summed E-state index contributed by atoms with van der Waals surface area (Å²) in [6.07, 6.45) is 7.38. The fraction of sp³-hybridized carbons (Fsp3) is 0. The van der Waals surface area contributed by atoms with Gasteiger partial charge in [-0.2, -0.15) is 0 Å². The van der Waals surface area contributed by atoms with Crippen LogP contribution in [0.1, 0.15) is 0 Å². The monoisotopic (exact) mass is 585 g/mol. The van der Waals surface area contributed by atoms with Crippen molar-refractivity contribution in [3.8, 4) is 44.6 Å². The topological polar surface area (TPSA) is 38.7 Å². The van der Waals surface area contributed by atoms with E-state index in [-0.39, 0.29) is 0 Å². The molecule has 0 atom stereocenters. The lowest BCUT2D eigenvalue weighted by molar-refractivity contribution is 1.33. The summed E-state index contributed by atoms with van der Waals surface area (Å²) in [7, 11) is 0. The molecule has 0 aliphatic carbocycles. The first-order valence-corrected chi connectivity index (χ1v) is 15.5. The first-order chi connectivity index (χ1) is 22.8. The molecule has 3 aromatic heterocycles. The Morgan fingerprint density at radius 2 is 0.717 bits per heavy atom. The van der Waals surface area contributed by atoms with E-state index in [1.807, 2.05) is 24.8 Å². The van der Waals surface area contributed by atoms with Crippen molar-refractivity contribution in [1.82, 2.24) is 15.0 Å². The number of nitrogens with zero attached hydrogens (tertiary/aromatic N) is 3. The number of rotatable bonds is 4. The molecular formula is C43H27N3. The lowest BCUT2D eigenvalue weighted by Gasteiger charge is -2.16. The maximum absolute atomic E-state index is 5.33. The zero-order valence-electron chi connectivity index (χ0n) is 24.9. The van der Waals surface area contributed by atoms with Gasteiger partial charge in [0.1, 0.15) is 0 Å². The molecule has 9 aromatic rings. The van der Waals surface area contributed by atoms with Crippen molar-refractivity contribution in [2.24, 2.45) is 0 Å². The van der Waals surface area contributed by atoms with Gasteiger partial charge in [0, 0.05) is 46.5 Å². The predicted molar refractivity (Wildman–Crippen MR) is 192 cm³/mol. The van der Waals surface area contributed by atoms with Crippen molar-refractivity contribution < 1.29 is 0 Å². The van der Waals surface area contributed by atoms with Crippen molar-refractivity contribution in [1.29, 1.82) is 0 Å². The van der Waals surface area contributed by atoms with Gasteiger partial charge in [0.2, 0.25) is 0 Å². The molecule has 0 aliphatic heterocycles. The van der Waals surface area contributed by atoms with E-state index in [2.05, 4.69) is 149 Å². The van der Waals surface area contributed by atoms with Crippen LogP contribution in [-0.4, -0.2) is 15.0 Å². The third-order valence-corrected chi connectivity index (χ3v) is 9.03. The lowest BCUT2D eigenvalue weighted by Crippen LogP contribution is -1.93. The Balaban J connectivity index is 1.26. The third-order valence-electron chi connectivity index (χ3n) is 9.03. The van der Waals surface area contributed by atoms with Gasteiger partial charge < -0.3 is 0 Å². The summed E-state index contributed by atoms with van der Waals surface area (Å²) >= 11 is 0. The fourth-order valence-electron chi connectivity index (χ4n) is 6.87. The molecule has 3 heterocycles. The quantitative estimate of drug-likeness (QED) is 0.193. The van der Waals surface area contributed by atoms with E-state index in [9.17, 15) is 0 Å². The maximum atomic E-state index is 5.33. The van der Waals surface area contributed by atoms with Crippen LogP contribution in [0, 0.1) is 0 Å². The summed E-state index contributed by atoms with van der Waals surface area (Å²) < 4.78 is 0. The largest absolute Gasteiger partial charge is 0.265 e. The number of benzene rings is 6. The highest BCUT2D eigenvalue weighted by atomic mass is 14.7. The highest BCUT2D eigenvalue weighted by Gasteiger charge is 2.17. The van der Waals surface area contributed by atoms with Crippen LogP contribution in [0.2, 0.25) is 0 Å². The van der Waals surface area contributed by atoms with Crippen molar-refractivity contribution >= 4 is 43.2 Å². The van der Waals surface area contributed by atoms with Gasteiger partial charge in [0.05, 0.1) is 11.2 Å². The number of fused-ring (bicyclic) bond motifs is 8. The number of hydrogen-bond acceptors (Lipinski definition) is 3. The molecule has 46 heavy (non-hydrogen) atoms. The van der Waals surface area contributed by atoms with Crippen LogP contribution < -0.4 is 0 Å². The number of aromatic nitrogens is 3. The fourth-order valence-corrected chi connectivity index (χ4v) is 6.87. The van der Waals surface area contributed by atoms with Gasteiger partial charge in [0.15, 0.2) is 0 Å². The second-order valence-electron chi connectivity index (χ2n) is 11.7. The lowest BCUT2D eigenvalue weighted by atomic mass is 9.89.